The van der Waals surface area contributed by atoms with Crippen LogP contribution in [0.3, 0.4) is 0 Å². The van der Waals surface area contributed by atoms with Gasteiger partial charge in [-0.2, -0.15) is 0 Å². The van der Waals surface area contributed by atoms with Crippen molar-refractivity contribution in [2.45, 2.75) is 25.8 Å². The fourth-order valence-electron chi connectivity index (χ4n) is 3.63. The maximum absolute atomic E-state index is 14.1. The summed E-state index contributed by atoms with van der Waals surface area (Å²) in [7, 11) is 1.62. The van der Waals surface area contributed by atoms with Crippen LogP contribution >= 0.6 is 0 Å². The minimum Gasteiger partial charge on any atom is -0.475 e. The number of carbonyl (C=O) groups excluding carboxylic acids is 1. The number of benzene rings is 1. The summed E-state index contributed by atoms with van der Waals surface area (Å²) in [5.74, 6) is 0.241. The van der Waals surface area contributed by atoms with Crippen LogP contribution in [-0.2, 0) is 28.9 Å². The Kier molecular flexibility index (Phi) is 6.57. The van der Waals surface area contributed by atoms with Crippen LogP contribution in [0.2, 0.25) is 0 Å². The first-order valence-corrected chi connectivity index (χ1v) is 10.2. The Labute approximate surface area is 179 Å². The van der Waals surface area contributed by atoms with Crippen molar-refractivity contribution < 1.29 is 23.2 Å². The van der Waals surface area contributed by atoms with Crippen LogP contribution in [0.1, 0.15) is 23.2 Å². The molecule has 0 saturated heterocycles. The van der Waals surface area contributed by atoms with Gasteiger partial charge in [0.2, 0.25) is 11.8 Å². The molecule has 0 radical (unpaired) electrons. The van der Waals surface area contributed by atoms with Crippen molar-refractivity contribution in [2.24, 2.45) is 0 Å². The first kappa shape index (κ1) is 21.0. The van der Waals surface area contributed by atoms with E-state index >= 15 is 0 Å². The molecule has 4 rings (SSSR count). The molecular weight excluding hydrogens is 401 g/mol. The third-order valence-electron chi connectivity index (χ3n) is 5.29. The maximum Gasteiger partial charge on any atom is 0.223 e. The van der Waals surface area contributed by atoms with Gasteiger partial charge in [-0.05, 0) is 24.1 Å². The van der Waals surface area contributed by atoms with E-state index in [0.717, 1.165) is 16.8 Å². The lowest BCUT2D eigenvalue weighted by molar-refractivity contribution is -0.132. The van der Waals surface area contributed by atoms with Gasteiger partial charge in [0, 0.05) is 50.2 Å². The first-order valence-electron chi connectivity index (χ1n) is 10.2. The molecule has 0 unspecified atom stereocenters. The van der Waals surface area contributed by atoms with Gasteiger partial charge in [0.1, 0.15) is 24.4 Å². The van der Waals surface area contributed by atoms with Crippen molar-refractivity contribution in [1.82, 2.24) is 15.0 Å². The van der Waals surface area contributed by atoms with E-state index in [0.29, 0.717) is 62.7 Å². The monoisotopic (exact) mass is 425 g/mol. The zero-order valence-electron chi connectivity index (χ0n) is 17.3. The highest BCUT2D eigenvalue weighted by molar-refractivity contribution is 5.77. The Bertz CT molecular complexity index is 1050. The molecule has 3 heterocycles. The summed E-state index contributed by atoms with van der Waals surface area (Å²) in [5.41, 5.74) is 3.52. The standard InChI is InChI=1S/C23H24FN3O4/c1-29-12-13-30-21-8-6-16-14-27(11-10-20(16)25-21)22(28)9-7-17-15-31-26-23(17)18-4-2-3-5-19(18)24/h2-6,8,15H,7,9-14H2,1H3. The number of aromatic nitrogens is 2. The van der Waals surface area contributed by atoms with Crippen LogP contribution < -0.4 is 4.74 Å². The summed E-state index contributed by atoms with van der Waals surface area (Å²) in [5, 5.41) is 3.93. The largest absolute Gasteiger partial charge is 0.475 e. The molecule has 0 bridgehead atoms. The number of halogens is 1. The summed E-state index contributed by atoms with van der Waals surface area (Å²) in [6, 6.07) is 10.2. The molecule has 7 nitrogen and oxygen atoms in total. The smallest absolute Gasteiger partial charge is 0.223 e. The van der Waals surface area contributed by atoms with Crippen LogP contribution in [0.15, 0.2) is 47.2 Å². The topological polar surface area (TPSA) is 77.7 Å². The first-order chi connectivity index (χ1) is 15.2. The van der Waals surface area contributed by atoms with Gasteiger partial charge in [-0.1, -0.05) is 23.4 Å². The molecular formula is C23H24FN3O4. The molecule has 1 aliphatic rings. The second-order valence-corrected chi connectivity index (χ2v) is 7.33. The van der Waals surface area contributed by atoms with Gasteiger partial charge in [0.15, 0.2) is 0 Å². The second-order valence-electron chi connectivity index (χ2n) is 7.33. The highest BCUT2D eigenvalue weighted by atomic mass is 19.1. The number of carbonyl (C=O) groups is 1. The van der Waals surface area contributed by atoms with E-state index in [9.17, 15) is 9.18 Å². The second kappa shape index (κ2) is 9.70. The van der Waals surface area contributed by atoms with Gasteiger partial charge in [-0.3, -0.25) is 4.79 Å². The number of nitrogens with zero attached hydrogens (tertiary/aromatic N) is 3. The van der Waals surface area contributed by atoms with Gasteiger partial charge >= 0.3 is 0 Å². The van der Waals surface area contributed by atoms with Gasteiger partial charge in [0.25, 0.3) is 0 Å². The molecule has 0 saturated carbocycles. The van der Waals surface area contributed by atoms with Crippen molar-refractivity contribution >= 4 is 5.91 Å². The molecule has 2 aromatic heterocycles. The molecule has 3 aromatic rings. The molecule has 0 spiro atoms. The molecule has 162 valence electrons. The maximum atomic E-state index is 14.1. The highest BCUT2D eigenvalue weighted by Crippen LogP contribution is 2.26. The van der Waals surface area contributed by atoms with E-state index in [1.807, 2.05) is 17.0 Å². The lowest BCUT2D eigenvalue weighted by Crippen LogP contribution is -2.36. The molecule has 0 fully saturated rings. The number of methoxy groups -OCH3 is 1. The predicted octanol–water partition coefficient (Wildman–Crippen LogP) is 3.42. The van der Waals surface area contributed by atoms with E-state index in [2.05, 4.69) is 10.1 Å². The van der Waals surface area contributed by atoms with Crippen molar-refractivity contribution in [3.8, 4) is 17.1 Å². The fraction of sp³-hybridized carbons (Fsp3) is 0.348. The van der Waals surface area contributed by atoms with E-state index in [1.165, 1.54) is 12.3 Å². The van der Waals surface area contributed by atoms with Gasteiger partial charge in [0.05, 0.1) is 12.3 Å². The summed E-state index contributed by atoms with van der Waals surface area (Å²) in [4.78, 5) is 19.2. The summed E-state index contributed by atoms with van der Waals surface area (Å²) in [6.07, 6.45) is 2.88. The molecule has 0 aliphatic carbocycles. The van der Waals surface area contributed by atoms with Crippen molar-refractivity contribution in [3.63, 3.8) is 0 Å². The molecule has 0 N–H and O–H groups in total. The third kappa shape index (κ3) is 4.91. The van der Waals surface area contributed by atoms with Crippen molar-refractivity contribution in [2.75, 3.05) is 26.9 Å². The number of aryl methyl sites for hydroxylation is 1. The van der Waals surface area contributed by atoms with E-state index < -0.39 is 0 Å². The van der Waals surface area contributed by atoms with Crippen LogP contribution in [-0.4, -0.2) is 47.8 Å². The molecule has 1 amide bonds. The van der Waals surface area contributed by atoms with Crippen LogP contribution in [0.25, 0.3) is 11.3 Å². The SMILES string of the molecule is COCCOc1ccc2c(n1)CCN(C(=O)CCc1conc1-c1ccccc1F)C2. The van der Waals surface area contributed by atoms with Crippen molar-refractivity contribution in [1.29, 1.82) is 0 Å². The average molecular weight is 425 g/mol. The Hall–Kier alpha value is -3.26. The highest BCUT2D eigenvalue weighted by Gasteiger charge is 2.23. The van der Waals surface area contributed by atoms with Gasteiger partial charge in [-0.15, -0.1) is 0 Å². The Morgan fingerprint density at radius 3 is 2.94 bits per heavy atom. The minimum atomic E-state index is -0.366. The Morgan fingerprint density at radius 2 is 2.10 bits per heavy atom. The third-order valence-corrected chi connectivity index (χ3v) is 5.29. The van der Waals surface area contributed by atoms with E-state index in [4.69, 9.17) is 14.0 Å². The lowest BCUT2D eigenvalue weighted by Gasteiger charge is -2.28. The summed E-state index contributed by atoms with van der Waals surface area (Å²) < 4.78 is 29.7. The number of ether oxygens (including phenoxy) is 2. The van der Waals surface area contributed by atoms with E-state index in [-0.39, 0.29) is 11.7 Å². The fourth-order valence-corrected chi connectivity index (χ4v) is 3.63. The number of hydrogen-bond donors (Lipinski definition) is 0. The van der Waals surface area contributed by atoms with Crippen LogP contribution in [0.4, 0.5) is 4.39 Å². The van der Waals surface area contributed by atoms with Crippen LogP contribution in [0.5, 0.6) is 5.88 Å². The number of hydrogen-bond acceptors (Lipinski definition) is 6. The van der Waals surface area contributed by atoms with Gasteiger partial charge in [-0.25, -0.2) is 9.37 Å². The zero-order chi connectivity index (χ0) is 21.6. The predicted molar refractivity (Wildman–Crippen MR) is 111 cm³/mol. The average Bonchev–Trinajstić information content (AvgIpc) is 3.26. The number of pyridine rings is 1. The number of amides is 1. The minimum absolute atomic E-state index is 0.0340. The quantitative estimate of drug-likeness (QED) is 0.515. The lowest BCUT2D eigenvalue weighted by atomic mass is 10.0. The summed E-state index contributed by atoms with van der Waals surface area (Å²) >= 11 is 0. The molecule has 31 heavy (non-hydrogen) atoms. The molecule has 8 heteroatoms. The van der Waals surface area contributed by atoms with Crippen molar-refractivity contribution in [3.05, 3.63) is 65.3 Å². The molecule has 1 aliphatic heterocycles. The van der Waals surface area contributed by atoms with E-state index in [1.54, 1.807) is 25.3 Å². The van der Waals surface area contributed by atoms with Gasteiger partial charge < -0.3 is 18.9 Å². The number of rotatable bonds is 8. The Balaban J connectivity index is 1.36. The zero-order valence-corrected chi connectivity index (χ0v) is 17.3. The van der Waals surface area contributed by atoms with Crippen LogP contribution in [0, 0.1) is 5.82 Å². The normalized spacial score (nSPS) is 13.2. The number of fused-ring (bicyclic) bond motifs is 1. The Morgan fingerprint density at radius 1 is 1.23 bits per heavy atom. The molecule has 1 aromatic carbocycles. The summed E-state index contributed by atoms with van der Waals surface area (Å²) in [6.45, 7) is 2.07. The molecule has 0 atom stereocenters.